The Morgan fingerprint density at radius 2 is 2.00 bits per heavy atom. The standard InChI is InChI=1S/C20H26N4O3/c1-14(2)24-13-21-17-12-15(5-6-16(17)19(24)25)22-7-9-23(10-8-22)20(26)18-4-3-11-27-18/h5-6,12-14,18H,3-4,7-11H2,1-2H3. The number of aromatic nitrogens is 2. The molecule has 144 valence electrons. The predicted molar refractivity (Wildman–Crippen MR) is 104 cm³/mol. The molecule has 2 saturated heterocycles. The number of fused-ring (bicyclic) bond motifs is 1. The lowest BCUT2D eigenvalue weighted by molar-refractivity contribution is -0.141. The van der Waals surface area contributed by atoms with Crippen molar-refractivity contribution in [2.75, 3.05) is 37.7 Å². The van der Waals surface area contributed by atoms with Gasteiger partial charge in [0, 0.05) is 44.5 Å². The van der Waals surface area contributed by atoms with Crippen molar-refractivity contribution in [3.63, 3.8) is 0 Å². The Kier molecular flexibility index (Phi) is 4.86. The van der Waals surface area contributed by atoms with E-state index in [4.69, 9.17) is 4.74 Å². The maximum absolute atomic E-state index is 12.6. The molecule has 1 unspecified atom stereocenters. The number of rotatable bonds is 3. The largest absolute Gasteiger partial charge is 0.368 e. The molecule has 7 nitrogen and oxygen atoms in total. The van der Waals surface area contributed by atoms with Gasteiger partial charge in [-0.2, -0.15) is 0 Å². The van der Waals surface area contributed by atoms with Gasteiger partial charge in [0.15, 0.2) is 0 Å². The van der Waals surface area contributed by atoms with Gasteiger partial charge in [-0.25, -0.2) is 4.98 Å². The minimum absolute atomic E-state index is 0.00599. The van der Waals surface area contributed by atoms with Crippen LogP contribution in [0.25, 0.3) is 10.9 Å². The number of piperazine rings is 1. The van der Waals surface area contributed by atoms with Crippen LogP contribution >= 0.6 is 0 Å². The van der Waals surface area contributed by atoms with E-state index >= 15 is 0 Å². The van der Waals surface area contributed by atoms with E-state index in [2.05, 4.69) is 9.88 Å². The Morgan fingerprint density at radius 1 is 1.22 bits per heavy atom. The monoisotopic (exact) mass is 370 g/mol. The summed E-state index contributed by atoms with van der Waals surface area (Å²) >= 11 is 0. The van der Waals surface area contributed by atoms with Gasteiger partial charge in [-0.1, -0.05) is 0 Å². The minimum Gasteiger partial charge on any atom is -0.368 e. The van der Waals surface area contributed by atoms with E-state index in [1.54, 1.807) is 10.9 Å². The third-order valence-electron chi connectivity index (χ3n) is 5.49. The number of carbonyl (C=O) groups is 1. The first-order chi connectivity index (χ1) is 13.0. The van der Waals surface area contributed by atoms with Crippen molar-refractivity contribution in [3.8, 4) is 0 Å². The molecule has 0 aliphatic carbocycles. The number of hydrogen-bond donors (Lipinski definition) is 0. The van der Waals surface area contributed by atoms with Gasteiger partial charge >= 0.3 is 0 Å². The number of amides is 1. The molecule has 2 fully saturated rings. The van der Waals surface area contributed by atoms with Crippen LogP contribution in [0.3, 0.4) is 0 Å². The summed E-state index contributed by atoms with van der Waals surface area (Å²) in [4.78, 5) is 33.7. The Balaban J connectivity index is 1.48. The second-order valence-electron chi connectivity index (χ2n) is 7.57. The highest BCUT2D eigenvalue weighted by molar-refractivity contribution is 5.82. The molecule has 1 atom stereocenters. The summed E-state index contributed by atoms with van der Waals surface area (Å²) in [5, 5.41) is 0.641. The zero-order valence-corrected chi connectivity index (χ0v) is 15.9. The lowest BCUT2D eigenvalue weighted by Crippen LogP contribution is -2.51. The first-order valence-corrected chi connectivity index (χ1v) is 9.71. The SMILES string of the molecule is CC(C)n1cnc2cc(N3CCN(C(=O)C4CCCO4)CC3)ccc2c1=O. The third kappa shape index (κ3) is 3.43. The first-order valence-electron chi connectivity index (χ1n) is 9.71. The molecule has 3 heterocycles. The maximum Gasteiger partial charge on any atom is 0.261 e. The van der Waals surface area contributed by atoms with Crippen LogP contribution in [0.4, 0.5) is 5.69 Å². The van der Waals surface area contributed by atoms with E-state index in [0.29, 0.717) is 30.6 Å². The highest BCUT2D eigenvalue weighted by Gasteiger charge is 2.30. The van der Waals surface area contributed by atoms with Crippen LogP contribution in [0, 0.1) is 0 Å². The topological polar surface area (TPSA) is 67.7 Å². The van der Waals surface area contributed by atoms with Crippen LogP contribution in [0.15, 0.2) is 29.3 Å². The van der Waals surface area contributed by atoms with Crippen LogP contribution in [0.1, 0.15) is 32.7 Å². The summed E-state index contributed by atoms with van der Waals surface area (Å²) in [6.45, 7) is 7.57. The molecular weight excluding hydrogens is 344 g/mol. The molecule has 1 aromatic heterocycles. The molecule has 0 N–H and O–H groups in total. The van der Waals surface area contributed by atoms with Gasteiger partial charge in [0.05, 0.1) is 17.2 Å². The van der Waals surface area contributed by atoms with E-state index in [0.717, 1.165) is 31.6 Å². The first kappa shape index (κ1) is 18.0. The molecule has 0 spiro atoms. The van der Waals surface area contributed by atoms with E-state index in [1.165, 1.54) is 0 Å². The van der Waals surface area contributed by atoms with E-state index < -0.39 is 0 Å². The fourth-order valence-electron chi connectivity index (χ4n) is 3.85. The minimum atomic E-state index is -0.246. The summed E-state index contributed by atoms with van der Waals surface area (Å²) in [5.74, 6) is 0.126. The summed E-state index contributed by atoms with van der Waals surface area (Å²) < 4.78 is 7.17. The third-order valence-corrected chi connectivity index (χ3v) is 5.49. The van der Waals surface area contributed by atoms with Crippen LogP contribution in [-0.4, -0.2) is 59.2 Å². The van der Waals surface area contributed by atoms with Crippen molar-refractivity contribution in [2.24, 2.45) is 0 Å². The average molecular weight is 370 g/mol. The molecule has 2 aliphatic rings. The van der Waals surface area contributed by atoms with Gasteiger partial charge in [0.1, 0.15) is 6.10 Å². The molecule has 4 rings (SSSR count). The van der Waals surface area contributed by atoms with Crippen molar-refractivity contribution in [1.82, 2.24) is 14.5 Å². The van der Waals surface area contributed by atoms with Crippen LogP contribution in [-0.2, 0) is 9.53 Å². The van der Waals surface area contributed by atoms with Crippen molar-refractivity contribution < 1.29 is 9.53 Å². The number of benzene rings is 1. The summed E-state index contributed by atoms with van der Waals surface area (Å²) in [6, 6.07) is 5.90. The van der Waals surface area contributed by atoms with Crippen molar-refractivity contribution in [1.29, 1.82) is 0 Å². The van der Waals surface area contributed by atoms with E-state index in [-0.39, 0.29) is 23.6 Å². The second kappa shape index (κ2) is 7.31. The summed E-state index contributed by atoms with van der Waals surface area (Å²) in [6.07, 6.45) is 3.18. The van der Waals surface area contributed by atoms with E-state index in [1.807, 2.05) is 36.9 Å². The number of carbonyl (C=O) groups excluding carboxylic acids is 1. The molecule has 27 heavy (non-hydrogen) atoms. The normalized spacial score (nSPS) is 20.6. The molecule has 0 radical (unpaired) electrons. The summed E-state index contributed by atoms with van der Waals surface area (Å²) in [5.41, 5.74) is 1.75. The van der Waals surface area contributed by atoms with Gasteiger partial charge < -0.3 is 14.5 Å². The summed E-state index contributed by atoms with van der Waals surface area (Å²) in [7, 11) is 0. The fourth-order valence-corrected chi connectivity index (χ4v) is 3.85. The highest BCUT2D eigenvalue weighted by atomic mass is 16.5. The number of hydrogen-bond acceptors (Lipinski definition) is 5. The molecule has 2 aliphatic heterocycles. The van der Waals surface area contributed by atoms with Crippen molar-refractivity contribution in [2.45, 2.75) is 38.8 Å². The number of anilines is 1. The lowest BCUT2D eigenvalue weighted by Gasteiger charge is -2.37. The molecule has 0 saturated carbocycles. The Labute approximate surface area is 158 Å². The smallest absolute Gasteiger partial charge is 0.261 e. The maximum atomic E-state index is 12.6. The number of nitrogens with zero attached hydrogens (tertiary/aromatic N) is 4. The van der Waals surface area contributed by atoms with E-state index in [9.17, 15) is 9.59 Å². The van der Waals surface area contributed by atoms with Crippen LogP contribution in [0.2, 0.25) is 0 Å². The highest BCUT2D eigenvalue weighted by Crippen LogP contribution is 2.22. The van der Waals surface area contributed by atoms with Gasteiger partial charge in [-0.05, 0) is 44.9 Å². The van der Waals surface area contributed by atoms with Gasteiger partial charge in [-0.3, -0.25) is 14.2 Å². The molecule has 2 aromatic rings. The average Bonchev–Trinajstić information content (AvgIpc) is 3.22. The zero-order chi connectivity index (χ0) is 19.0. The zero-order valence-electron chi connectivity index (χ0n) is 15.9. The number of ether oxygens (including phenoxy) is 1. The fraction of sp³-hybridized carbons (Fsp3) is 0.550. The Bertz CT molecular complexity index is 894. The lowest BCUT2D eigenvalue weighted by atomic mass is 10.1. The van der Waals surface area contributed by atoms with Gasteiger partial charge in [-0.15, -0.1) is 0 Å². The van der Waals surface area contributed by atoms with Crippen LogP contribution in [0.5, 0.6) is 0 Å². The molecule has 0 bridgehead atoms. The second-order valence-corrected chi connectivity index (χ2v) is 7.57. The molecule has 7 heteroatoms. The molecule has 1 amide bonds. The van der Waals surface area contributed by atoms with Gasteiger partial charge in [0.25, 0.3) is 11.5 Å². The van der Waals surface area contributed by atoms with Crippen molar-refractivity contribution >= 4 is 22.5 Å². The van der Waals surface area contributed by atoms with Gasteiger partial charge in [0.2, 0.25) is 0 Å². The quantitative estimate of drug-likeness (QED) is 0.824. The molecular formula is C20H26N4O3. The van der Waals surface area contributed by atoms with Crippen LogP contribution < -0.4 is 10.5 Å². The predicted octanol–water partition coefficient (Wildman–Crippen LogP) is 1.80. The molecule has 1 aromatic carbocycles. The Morgan fingerprint density at radius 3 is 2.67 bits per heavy atom. The Hall–Kier alpha value is -2.41. The van der Waals surface area contributed by atoms with Crippen molar-refractivity contribution in [3.05, 3.63) is 34.9 Å².